The van der Waals surface area contributed by atoms with Crippen LogP contribution in [0.5, 0.6) is 0 Å². The summed E-state index contributed by atoms with van der Waals surface area (Å²) in [5.41, 5.74) is 2.14. The second-order valence-corrected chi connectivity index (χ2v) is 7.41. The van der Waals surface area contributed by atoms with Gasteiger partial charge in [0.25, 0.3) is 0 Å². The first-order valence-corrected chi connectivity index (χ1v) is 8.65. The Labute approximate surface area is 125 Å². The zero-order valence-corrected chi connectivity index (χ0v) is 13.9. The Morgan fingerprint density at radius 1 is 1.47 bits per heavy atom. The summed E-state index contributed by atoms with van der Waals surface area (Å²) in [5.74, 6) is 0.0134. The first-order valence-electron chi connectivity index (χ1n) is 6.24. The maximum absolute atomic E-state index is 11.8. The van der Waals surface area contributed by atoms with Crippen molar-refractivity contribution >= 4 is 32.6 Å². The van der Waals surface area contributed by atoms with E-state index in [0.29, 0.717) is 13.0 Å². The van der Waals surface area contributed by atoms with Crippen LogP contribution in [-0.2, 0) is 22.0 Å². The molecule has 0 bridgehead atoms. The summed E-state index contributed by atoms with van der Waals surface area (Å²) in [7, 11) is -0.826. The van der Waals surface area contributed by atoms with E-state index >= 15 is 0 Å². The van der Waals surface area contributed by atoms with Crippen LogP contribution in [0, 0.1) is 6.92 Å². The number of benzene rings is 1. The predicted octanol–water partition coefficient (Wildman–Crippen LogP) is 2.57. The molecule has 2 atom stereocenters. The largest absolute Gasteiger partial charge is 0.356 e. The van der Waals surface area contributed by atoms with E-state index in [-0.39, 0.29) is 11.2 Å². The molecule has 0 aliphatic heterocycles. The number of aryl methyl sites for hydroxylation is 1. The number of hydrogen-bond acceptors (Lipinski definition) is 2. The molecular formula is C14H20BrNO2S. The molecule has 0 aliphatic carbocycles. The zero-order valence-electron chi connectivity index (χ0n) is 11.5. The van der Waals surface area contributed by atoms with Crippen molar-refractivity contribution in [1.29, 1.82) is 0 Å². The van der Waals surface area contributed by atoms with Gasteiger partial charge in [-0.2, -0.15) is 0 Å². The van der Waals surface area contributed by atoms with Crippen molar-refractivity contribution in [1.82, 2.24) is 5.32 Å². The number of carbonyl (C=O) groups is 1. The molecule has 0 radical (unpaired) electrons. The smallest absolute Gasteiger partial charge is 0.224 e. The number of carbonyl (C=O) groups excluding carboxylic acids is 1. The summed E-state index contributed by atoms with van der Waals surface area (Å²) in [5, 5.41) is 2.99. The SMILES string of the molecule is Cc1cc(Br)ccc1CC(=O)NCC[C@@H](C)[S@@](C)=O. The Morgan fingerprint density at radius 2 is 2.16 bits per heavy atom. The van der Waals surface area contributed by atoms with Crippen LogP contribution in [0.15, 0.2) is 22.7 Å². The van der Waals surface area contributed by atoms with Crippen molar-refractivity contribution in [3.8, 4) is 0 Å². The van der Waals surface area contributed by atoms with Crippen molar-refractivity contribution in [3.05, 3.63) is 33.8 Å². The van der Waals surface area contributed by atoms with Crippen molar-refractivity contribution in [2.24, 2.45) is 0 Å². The number of hydrogen-bond donors (Lipinski definition) is 1. The van der Waals surface area contributed by atoms with Crippen molar-refractivity contribution in [2.45, 2.75) is 31.9 Å². The molecule has 1 amide bonds. The second kappa shape index (κ2) is 7.80. The molecule has 0 spiro atoms. The summed E-state index contributed by atoms with van der Waals surface area (Å²) < 4.78 is 12.2. The van der Waals surface area contributed by atoms with Crippen LogP contribution < -0.4 is 5.32 Å². The highest BCUT2D eigenvalue weighted by molar-refractivity contribution is 9.10. The molecule has 1 aromatic rings. The summed E-state index contributed by atoms with van der Waals surface area (Å²) in [6.07, 6.45) is 2.83. The quantitative estimate of drug-likeness (QED) is 0.861. The first-order chi connectivity index (χ1) is 8.90. The topological polar surface area (TPSA) is 46.2 Å². The Bertz CT molecular complexity index is 477. The molecule has 1 aromatic carbocycles. The molecule has 0 saturated carbocycles. The summed E-state index contributed by atoms with van der Waals surface area (Å²) in [6, 6.07) is 5.91. The average molecular weight is 346 g/mol. The van der Waals surface area contributed by atoms with E-state index in [4.69, 9.17) is 0 Å². The van der Waals surface area contributed by atoms with E-state index in [2.05, 4.69) is 21.2 Å². The highest BCUT2D eigenvalue weighted by atomic mass is 79.9. The maximum atomic E-state index is 11.8. The van der Waals surface area contributed by atoms with E-state index in [9.17, 15) is 9.00 Å². The molecular weight excluding hydrogens is 326 g/mol. The zero-order chi connectivity index (χ0) is 14.4. The van der Waals surface area contributed by atoms with E-state index in [0.717, 1.165) is 22.0 Å². The molecule has 0 aliphatic rings. The Hall–Kier alpha value is -0.680. The van der Waals surface area contributed by atoms with Crippen LogP contribution in [0.1, 0.15) is 24.5 Å². The Balaban J connectivity index is 2.41. The van der Waals surface area contributed by atoms with E-state index < -0.39 is 10.8 Å². The van der Waals surface area contributed by atoms with Crippen LogP contribution in [0.2, 0.25) is 0 Å². The van der Waals surface area contributed by atoms with Crippen LogP contribution in [-0.4, -0.2) is 28.2 Å². The molecule has 1 rings (SSSR count). The van der Waals surface area contributed by atoms with E-state index in [1.54, 1.807) is 6.26 Å². The highest BCUT2D eigenvalue weighted by Crippen LogP contribution is 2.16. The lowest BCUT2D eigenvalue weighted by atomic mass is 10.1. The third kappa shape index (κ3) is 5.87. The lowest BCUT2D eigenvalue weighted by molar-refractivity contribution is -0.120. The van der Waals surface area contributed by atoms with Gasteiger partial charge in [0, 0.05) is 33.3 Å². The minimum Gasteiger partial charge on any atom is -0.356 e. The van der Waals surface area contributed by atoms with Gasteiger partial charge in [0.1, 0.15) is 0 Å². The third-order valence-corrected chi connectivity index (χ3v) is 4.96. The number of amides is 1. The molecule has 3 nitrogen and oxygen atoms in total. The highest BCUT2D eigenvalue weighted by Gasteiger charge is 2.09. The summed E-state index contributed by atoms with van der Waals surface area (Å²) >= 11 is 3.40. The molecule has 106 valence electrons. The first kappa shape index (κ1) is 16.4. The van der Waals surface area contributed by atoms with Gasteiger partial charge in [0.2, 0.25) is 5.91 Å². The lowest BCUT2D eigenvalue weighted by Gasteiger charge is -2.10. The van der Waals surface area contributed by atoms with Crippen LogP contribution in [0.4, 0.5) is 0 Å². The molecule has 0 unspecified atom stereocenters. The van der Waals surface area contributed by atoms with Gasteiger partial charge in [0.05, 0.1) is 6.42 Å². The Morgan fingerprint density at radius 3 is 2.74 bits per heavy atom. The van der Waals surface area contributed by atoms with Crippen LogP contribution >= 0.6 is 15.9 Å². The molecule has 5 heteroatoms. The van der Waals surface area contributed by atoms with Gasteiger partial charge in [-0.15, -0.1) is 0 Å². The van der Waals surface area contributed by atoms with Gasteiger partial charge in [-0.1, -0.05) is 28.9 Å². The second-order valence-electron chi connectivity index (χ2n) is 4.70. The predicted molar refractivity (Wildman–Crippen MR) is 83.7 cm³/mol. The van der Waals surface area contributed by atoms with Gasteiger partial charge in [-0.25, -0.2) is 0 Å². The monoisotopic (exact) mass is 345 g/mol. The van der Waals surface area contributed by atoms with Crippen LogP contribution in [0.25, 0.3) is 0 Å². The molecule has 1 N–H and O–H groups in total. The molecule has 0 aromatic heterocycles. The fraction of sp³-hybridized carbons (Fsp3) is 0.500. The fourth-order valence-electron chi connectivity index (χ4n) is 1.67. The van der Waals surface area contributed by atoms with Gasteiger partial charge >= 0.3 is 0 Å². The number of rotatable bonds is 6. The van der Waals surface area contributed by atoms with E-state index in [1.165, 1.54) is 0 Å². The summed E-state index contributed by atoms with van der Waals surface area (Å²) in [4.78, 5) is 11.8. The Kier molecular flexibility index (Phi) is 6.72. The molecule has 19 heavy (non-hydrogen) atoms. The minimum atomic E-state index is -0.826. The number of halogens is 1. The molecule has 0 saturated heterocycles. The van der Waals surface area contributed by atoms with Gasteiger partial charge in [-0.3, -0.25) is 9.00 Å². The van der Waals surface area contributed by atoms with Gasteiger partial charge in [-0.05, 0) is 36.6 Å². The number of nitrogens with one attached hydrogen (secondary N) is 1. The average Bonchev–Trinajstić information content (AvgIpc) is 2.32. The summed E-state index contributed by atoms with van der Waals surface area (Å²) in [6.45, 7) is 4.51. The van der Waals surface area contributed by atoms with Crippen molar-refractivity contribution in [2.75, 3.05) is 12.8 Å². The minimum absolute atomic E-state index is 0.0134. The van der Waals surface area contributed by atoms with Crippen molar-refractivity contribution < 1.29 is 9.00 Å². The van der Waals surface area contributed by atoms with Crippen LogP contribution in [0.3, 0.4) is 0 Å². The fourth-order valence-corrected chi connectivity index (χ4v) is 2.60. The van der Waals surface area contributed by atoms with E-state index in [1.807, 2.05) is 32.0 Å². The maximum Gasteiger partial charge on any atom is 0.224 e. The van der Waals surface area contributed by atoms with Crippen molar-refractivity contribution in [3.63, 3.8) is 0 Å². The molecule has 0 fully saturated rings. The third-order valence-electron chi connectivity index (χ3n) is 3.10. The van der Waals surface area contributed by atoms with Gasteiger partial charge in [0.15, 0.2) is 0 Å². The normalized spacial score (nSPS) is 13.9. The lowest BCUT2D eigenvalue weighted by Crippen LogP contribution is -2.28. The molecule has 0 heterocycles. The standard InChI is InChI=1S/C14H20BrNO2S/c1-10-8-13(15)5-4-12(10)9-14(17)16-7-6-11(2)19(3)18/h4-5,8,11H,6-7,9H2,1-3H3,(H,16,17)/t11-,19-/m1/s1. The van der Waals surface area contributed by atoms with Gasteiger partial charge < -0.3 is 5.32 Å².